The van der Waals surface area contributed by atoms with Crippen molar-refractivity contribution in [3.05, 3.63) is 10.9 Å². The third-order valence-corrected chi connectivity index (χ3v) is 5.14. The van der Waals surface area contributed by atoms with E-state index in [4.69, 9.17) is 5.84 Å². The monoisotopic (exact) mass is 306 g/mol. The van der Waals surface area contributed by atoms with Gasteiger partial charge in [-0.25, -0.2) is 10.8 Å². The van der Waals surface area contributed by atoms with Gasteiger partial charge in [0.2, 0.25) is 5.95 Å². The number of rotatable bonds is 3. The van der Waals surface area contributed by atoms with E-state index in [1.807, 2.05) is 0 Å². The van der Waals surface area contributed by atoms with Crippen molar-refractivity contribution < 1.29 is 0 Å². The maximum atomic E-state index is 5.52. The minimum atomic E-state index is 0.485. The van der Waals surface area contributed by atoms with E-state index in [9.17, 15) is 0 Å². The molecule has 0 aliphatic carbocycles. The van der Waals surface area contributed by atoms with E-state index in [0.717, 1.165) is 42.0 Å². The van der Waals surface area contributed by atoms with Gasteiger partial charge < -0.3 is 9.80 Å². The summed E-state index contributed by atoms with van der Waals surface area (Å²) in [6.45, 7) is 4.36. The molecule has 0 aromatic carbocycles. The van der Waals surface area contributed by atoms with Gasteiger partial charge in [0.1, 0.15) is 10.6 Å². The normalized spacial score (nSPS) is 17.3. The van der Waals surface area contributed by atoms with Crippen LogP contribution in [0.25, 0.3) is 10.2 Å². The van der Waals surface area contributed by atoms with E-state index in [1.165, 1.54) is 4.88 Å². The molecule has 1 saturated heterocycles. The first-order chi connectivity index (χ1) is 10.1. The Labute approximate surface area is 128 Å². The fraction of sp³-hybridized carbons (Fsp3) is 0.571. The number of aromatic nitrogens is 2. The molecule has 21 heavy (non-hydrogen) atoms. The predicted molar refractivity (Wildman–Crippen MR) is 88.9 cm³/mol. The lowest BCUT2D eigenvalue weighted by Crippen LogP contribution is -2.42. The van der Waals surface area contributed by atoms with Crippen LogP contribution in [0.5, 0.6) is 0 Å². The number of nitrogens with zero attached hydrogens (tertiary/aromatic N) is 4. The lowest BCUT2D eigenvalue weighted by molar-refractivity contribution is 0.252. The van der Waals surface area contributed by atoms with Gasteiger partial charge in [0.05, 0.1) is 5.39 Å². The number of hydrogen-bond donors (Lipinski definition) is 2. The van der Waals surface area contributed by atoms with Crippen molar-refractivity contribution in [2.24, 2.45) is 5.84 Å². The minimum absolute atomic E-state index is 0.485. The van der Waals surface area contributed by atoms with E-state index in [0.29, 0.717) is 12.0 Å². The third kappa shape index (κ3) is 2.81. The smallest absolute Gasteiger partial charge is 0.240 e. The highest BCUT2D eigenvalue weighted by Crippen LogP contribution is 2.33. The zero-order valence-electron chi connectivity index (χ0n) is 12.8. The van der Waals surface area contributed by atoms with Crippen LogP contribution in [-0.2, 0) is 0 Å². The topological polar surface area (TPSA) is 70.3 Å². The SMILES string of the molecule is Cc1cc2c(N(C)C3CCN(C)CC3)nc(NN)nc2s1. The van der Waals surface area contributed by atoms with Crippen molar-refractivity contribution in [1.82, 2.24) is 14.9 Å². The van der Waals surface area contributed by atoms with Gasteiger partial charge >= 0.3 is 0 Å². The molecule has 6 nitrogen and oxygen atoms in total. The second-order valence-electron chi connectivity index (χ2n) is 5.74. The van der Waals surface area contributed by atoms with Gasteiger partial charge in [-0.15, -0.1) is 11.3 Å². The summed E-state index contributed by atoms with van der Waals surface area (Å²) in [4.78, 5) is 16.0. The zero-order chi connectivity index (χ0) is 15.0. The van der Waals surface area contributed by atoms with Crippen molar-refractivity contribution in [2.75, 3.05) is 37.5 Å². The van der Waals surface area contributed by atoms with Crippen LogP contribution in [0, 0.1) is 6.92 Å². The zero-order valence-corrected chi connectivity index (χ0v) is 13.6. The average molecular weight is 306 g/mol. The molecule has 0 spiro atoms. The van der Waals surface area contributed by atoms with Crippen molar-refractivity contribution >= 4 is 33.3 Å². The van der Waals surface area contributed by atoms with Crippen molar-refractivity contribution in [1.29, 1.82) is 0 Å². The summed E-state index contributed by atoms with van der Waals surface area (Å²) in [5, 5.41) is 1.12. The second-order valence-corrected chi connectivity index (χ2v) is 6.97. The van der Waals surface area contributed by atoms with Crippen molar-refractivity contribution in [2.45, 2.75) is 25.8 Å². The van der Waals surface area contributed by atoms with Gasteiger partial charge in [0.25, 0.3) is 0 Å². The Bertz CT molecular complexity index is 632. The number of hydrogen-bond acceptors (Lipinski definition) is 7. The Kier molecular flexibility index (Phi) is 3.97. The molecule has 3 N–H and O–H groups in total. The van der Waals surface area contributed by atoms with Crippen LogP contribution in [0.1, 0.15) is 17.7 Å². The number of hydrazine groups is 1. The number of aryl methyl sites for hydroxylation is 1. The summed E-state index contributed by atoms with van der Waals surface area (Å²) in [6.07, 6.45) is 2.32. The van der Waals surface area contributed by atoms with Crippen LogP contribution in [0.3, 0.4) is 0 Å². The van der Waals surface area contributed by atoms with E-state index in [1.54, 1.807) is 11.3 Å². The summed E-state index contributed by atoms with van der Waals surface area (Å²) < 4.78 is 0. The number of likely N-dealkylation sites (tertiary alicyclic amines) is 1. The van der Waals surface area contributed by atoms with Crippen molar-refractivity contribution in [3.8, 4) is 0 Å². The van der Waals surface area contributed by atoms with E-state index in [-0.39, 0.29) is 0 Å². The molecule has 0 atom stereocenters. The molecule has 1 aliphatic rings. The maximum absolute atomic E-state index is 5.52. The summed E-state index contributed by atoms with van der Waals surface area (Å²) in [5.74, 6) is 6.98. The van der Waals surface area contributed by atoms with E-state index < -0.39 is 0 Å². The highest BCUT2D eigenvalue weighted by molar-refractivity contribution is 7.18. The number of nitrogen functional groups attached to an aromatic ring is 1. The molecule has 114 valence electrons. The van der Waals surface area contributed by atoms with Gasteiger partial charge in [0, 0.05) is 18.0 Å². The molecule has 0 unspecified atom stereocenters. The molecular formula is C14H22N6S. The van der Waals surface area contributed by atoms with Crippen LogP contribution >= 0.6 is 11.3 Å². The van der Waals surface area contributed by atoms with Gasteiger partial charge in [-0.3, -0.25) is 5.43 Å². The van der Waals surface area contributed by atoms with Gasteiger partial charge in [0.15, 0.2) is 0 Å². The first-order valence-electron chi connectivity index (χ1n) is 7.24. The number of nitrogens with two attached hydrogens (primary N) is 1. The summed E-state index contributed by atoms with van der Waals surface area (Å²) in [6, 6.07) is 2.69. The number of anilines is 2. The van der Waals surface area contributed by atoms with Gasteiger partial charge in [-0.2, -0.15) is 4.98 Å². The summed E-state index contributed by atoms with van der Waals surface area (Å²) in [7, 11) is 4.31. The summed E-state index contributed by atoms with van der Waals surface area (Å²) >= 11 is 1.68. The number of piperidine rings is 1. The fourth-order valence-corrected chi connectivity index (χ4v) is 3.79. The quantitative estimate of drug-likeness (QED) is 0.666. The van der Waals surface area contributed by atoms with Crippen LogP contribution in [0.2, 0.25) is 0 Å². The largest absolute Gasteiger partial charge is 0.356 e. The molecule has 2 aromatic rings. The standard InChI is InChI=1S/C14H22N6S/c1-9-8-11-12(16-14(18-15)17-13(11)21-9)20(3)10-4-6-19(2)7-5-10/h8,10H,4-7,15H2,1-3H3,(H,16,17,18). The highest BCUT2D eigenvalue weighted by Gasteiger charge is 2.24. The molecule has 0 saturated carbocycles. The van der Waals surface area contributed by atoms with Crippen LogP contribution < -0.4 is 16.2 Å². The maximum Gasteiger partial charge on any atom is 0.240 e. The van der Waals surface area contributed by atoms with Gasteiger partial charge in [-0.1, -0.05) is 0 Å². The minimum Gasteiger partial charge on any atom is -0.356 e. The lowest BCUT2D eigenvalue weighted by atomic mass is 10.0. The third-order valence-electron chi connectivity index (χ3n) is 4.19. The van der Waals surface area contributed by atoms with Crippen LogP contribution in [0.15, 0.2) is 6.07 Å². The van der Waals surface area contributed by atoms with Gasteiger partial charge in [-0.05, 0) is 46.0 Å². The first kappa shape index (κ1) is 14.5. The Hall–Kier alpha value is -1.44. The Morgan fingerprint density at radius 3 is 2.76 bits per heavy atom. The first-order valence-corrected chi connectivity index (χ1v) is 8.06. The second kappa shape index (κ2) is 5.75. The Morgan fingerprint density at radius 1 is 1.38 bits per heavy atom. The molecular weight excluding hydrogens is 284 g/mol. The Morgan fingerprint density at radius 2 is 2.10 bits per heavy atom. The molecule has 0 radical (unpaired) electrons. The lowest BCUT2D eigenvalue weighted by Gasteiger charge is -2.36. The van der Waals surface area contributed by atoms with E-state index >= 15 is 0 Å². The molecule has 2 aromatic heterocycles. The number of nitrogens with one attached hydrogen (secondary N) is 1. The van der Waals surface area contributed by atoms with Crippen LogP contribution in [0.4, 0.5) is 11.8 Å². The Balaban J connectivity index is 1.97. The molecule has 1 aliphatic heterocycles. The predicted octanol–water partition coefficient (Wildman–Crippen LogP) is 1.82. The molecule has 7 heteroatoms. The molecule has 3 heterocycles. The highest BCUT2D eigenvalue weighted by atomic mass is 32.1. The van der Waals surface area contributed by atoms with Crippen LogP contribution in [-0.4, -0.2) is 48.1 Å². The molecule has 1 fully saturated rings. The molecule has 0 amide bonds. The van der Waals surface area contributed by atoms with E-state index in [2.05, 4.69) is 52.3 Å². The number of fused-ring (bicyclic) bond motifs is 1. The summed E-state index contributed by atoms with van der Waals surface area (Å²) in [5.41, 5.74) is 2.58. The number of thiophene rings is 1. The average Bonchev–Trinajstić information content (AvgIpc) is 2.86. The van der Waals surface area contributed by atoms with Crippen molar-refractivity contribution in [3.63, 3.8) is 0 Å². The fourth-order valence-electron chi connectivity index (χ4n) is 2.92. The molecule has 0 bridgehead atoms. The molecule has 3 rings (SSSR count).